The number of nitrogens with zero attached hydrogens (tertiary/aromatic N) is 4. The maximum absolute atomic E-state index is 12.6. The normalized spacial score (nSPS) is 17.5. The quantitative estimate of drug-likeness (QED) is 0.756. The van der Waals surface area contributed by atoms with E-state index in [0.717, 1.165) is 22.4 Å². The van der Waals surface area contributed by atoms with E-state index in [4.69, 9.17) is 4.74 Å². The van der Waals surface area contributed by atoms with Crippen LogP contribution in [0.5, 0.6) is 5.75 Å². The van der Waals surface area contributed by atoms with Gasteiger partial charge in [0.1, 0.15) is 17.9 Å². The van der Waals surface area contributed by atoms with Crippen LogP contribution in [0.15, 0.2) is 48.5 Å². The van der Waals surface area contributed by atoms with Gasteiger partial charge in [-0.3, -0.25) is 4.79 Å². The number of amides is 1. The highest BCUT2D eigenvalue weighted by molar-refractivity contribution is 5.76. The summed E-state index contributed by atoms with van der Waals surface area (Å²) in [4.78, 5) is 13.9. The Morgan fingerprint density at radius 2 is 1.96 bits per heavy atom. The van der Waals surface area contributed by atoms with Gasteiger partial charge in [0.25, 0.3) is 0 Å². The first-order valence-electron chi connectivity index (χ1n) is 9.32. The van der Waals surface area contributed by atoms with E-state index in [2.05, 4.69) is 20.7 Å². The Bertz CT molecular complexity index is 994. The molecule has 7 heteroatoms. The molecule has 4 rings (SSSR count). The first-order chi connectivity index (χ1) is 13.4. The van der Waals surface area contributed by atoms with Crippen molar-refractivity contribution in [2.75, 3.05) is 0 Å². The Labute approximate surface area is 163 Å². The number of carbonyl (C=O) groups is 1. The standard InChI is InChI=1S/C21H23N5O2/c1-14-8-10-15(11-9-14)20-23-25-26(24-20)13-19(27)22-17-12-21(2,3)28-18-7-5-4-6-16(17)18/h4-11,17H,12-13H2,1-3H3,(H,22,27). The highest BCUT2D eigenvalue weighted by Crippen LogP contribution is 2.39. The second-order valence-electron chi connectivity index (χ2n) is 7.73. The summed E-state index contributed by atoms with van der Waals surface area (Å²) in [7, 11) is 0. The van der Waals surface area contributed by atoms with Crippen LogP contribution in [0.25, 0.3) is 11.4 Å². The molecular formula is C21H23N5O2. The van der Waals surface area contributed by atoms with E-state index in [-0.39, 0.29) is 24.1 Å². The van der Waals surface area contributed by atoms with Crippen LogP contribution < -0.4 is 10.1 Å². The van der Waals surface area contributed by atoms with Gasteiger partial charge in [0.05, 0.1) is 6.04 Å². The summed E-state index contributed by atoms with van der Waals surface area (Å²) >= 11 is 0. The minimum absolute atomic E-state index is 0.0127. The largest absolute Gasteiger partial charge is 0.487 e. The number of benzene rings is 2. The number of hydrogen-bond acceptors (Lipinski definition) is 5. The van der Waals surface area contributed by atoms with Crippen LogP contribution >= 0.6 is 0 Å². The van der Waals surface area contributed by atoms with Crippen molar-refractivity contribution in [3.8, 4) is 17.1 Å². The number of nitrogens with one attached hydrogen (secondary N) is 1. The van der Waals surface area contributed by atoms with Crippen LogP contribution in [-0.4, -0.2) is 31.7 Å². The summed E-state index contributed by atoms with van der Waals surface area (Å²) in [6, 6.07) is 15.6. The summed E-state index contributed by atoms with van der Waals surface area (Å²) < 4.78 is 6.02. The molecule has 3 aromatic rings. The van der Waals surface area contributed by atoms with Crippen molar-refractivity contribution in [2.24, 2.45) is 0 Å². The van der Waals surface area contributed by atoms with Crippen molar-refractivity contribution in [3.05, 3.63) is 59.7 Å². The predicted molar refractivity (Wildman–Crippen MR) is 105 cm³/mol. The van der Waals surface area contributed by atoms with Crippen LogP contribution in [0, 0.1) is 6.92 Å². The summed E-state index contributed by atoms with van der Waals surface area (Å²) in [5.74, 6) is 1.15. The molecule has 1 aromatic heterocycles. The van der Waals surface area contributed by atoms with Gasteiger partial charge in [0, 0.05) is 17.5 Å². The van der Waals surface area contributed by atoms with E-state index in [1.54, 1.807) is 0 Å². The van der Waals surface area contributed by atoms with Gasteiger partial charge in [-0.15, -0.1) is 10.2 Å². The smallest absolute Gasteiger partial charge is 0.244 e. The van der Waals surface area contributed by atoms with Crippen LogP contribution in [0.1, 0.15) is 37.4 Å². The molecule has 0 fully saturated rings. The second-order valence-corrected chi connectivity index (χ2v) is 7.73. The molecular weight excluding hydrogens is 354 g/mol. The number of aryl methyl sites for hydroxylation is 1. The average Bonchev–Trinajstić information content (AvgIpc) is 3.09. The van der Waals surface area contributed by atoms with Gasteiger partial charge in [-0.25, -0.2) is 0 Å². The summed E-state index contributed by atoms with van der Waals surface area (Å²) in [6.45, 7) is 6.08. The summed E-state index contributed by atoms with van der Waals surface area (Å²) in [6.07, 6.45) is 0.690. The van der Waals surface area contributed by atoms with Gasteiger partial charge in [0.2, 0.25) is 11.7 Å². The highest BCUT2D eigenvalue weighted by atomic mass is 16.5. The van der Waals surface area contributed by atoms with Gasteiger partial charge >= 0.3 is 0 Å². The minimum Gasteiger partial charge on any atom is -0.487 e. The van der Waals surface area contributed by atoms with Crippen molar-refractivity contribution in [1.29, 1.82) is 0 Å². The van der Waals surface area contributed by atoms with E-state index >= 15 is 0 Å². The lowest BCUT2D eigenvalue weighted by Crippen LogP contribution is -2.42. The Morgan fingerprint density at radius 3 is 2.75 bits per heavy atom. The average molecular weight is 377 g/mol. The zero-order chi connectivity index (χ0) is 19.7. The van der Waals surface area contributed by atoms with Crippen LogP contribution in [0.2, 0.25) is 0 Å². The first-order valence-corrected chi connectivity index (χ1v) is 9.32. The third-order valence-corrected chi connectivity index (χ3v) is 4.76. The Kier molecular flexibility index (Phi) is 4.58. The fraction of sp³-hybridized carbons (Fsp3) is 0.333. The number of para-hydroxylation sites is 1. The van der Waals surface area contributed by atoms with Crippen molar-refractivity contribution < 1.29 is 9.53 Å². The van der Waals surface area contributed by atoms with E-state index in [0.29, 0.717) is 12.2 Å². The van der Waals surface area contributed by atoms with E-state index in [1.165, 1.54) is 4.80 Å². The molecule has 7 nitrogen and oxygen atoms in total. The Morgan fingerprint density at radius 1 is 1.21 bits per heavy atom. The van der Waals surface area contributed by atoms with Crippen molar-refractivity contribution in [3.63, 3.8) is 0 Å². The third kappa shape index (κ3) is 3.88. The van der Waals surface area contributed by atoms with E-state index < -0.39 is 0 Å². The lowest BCUT2D eigenvalue weighted by molar-refractivity contribution is -0.123. The van der Waals surface area contributed by atoms with Crippen LogP contribution in [0.3, 0.4) is 0 Å². The molecule has 0 aliphatic carbocycles. The zero-order valence-corrected chi connectivity index (χ0v) is 16.2. The first kappa shape index (κ1) is 18.2. The Hall–Kier alpha value is -3.22. The maximum Gasteiger partial charge on any atom is 0.244 e. The molecule has 1 unspecified atom stereocenters. The summed E-state index contributed by atoms with van der Waals surface area (Å²) in [5, 5.41) is 15.5. The van der Waals surface area contributed by atoms with E-state index in [1.807, 2.05) is 69.3 Å². The second kappa shape index (κ2) is 7.07. The van der Waals surface area contributed by atoms with Gasteiger partial charge in [-0.2, -0.15) is 4.80 Å². The predicted octanol–water partition coefficient (Wildman–Crippen LogP) is 3.07. The summed E-state index contributed by atoms with van der Waals surface area (Å²) in [5.41, 5.74) is 2.67. The minimum atomic E-state index is -0.351. The van der Waals surface area contributed by atoms with Crippen LogP contribution in [-0.2, 0) is 11.3 Å². The van der Waals surface area contributed by atoms with Gasteiger partial charge in [-0.1, -0.05) is 48.0 Å². The monoisotopic (exact) mass is 377 g/mol. The number of ether oxygens (including phenoxy) is 1. The third-order valence-electron chi connectivity index (χ3n) is 4.76. The maximum atomic E-state index is 12.6. The molecule has 2 aromatic carbocycles. The lowest BCUT2D eigenvalue weighted by Gasteiger charge is -2.37. The molecule has 28 heavy (non-hydrogen) atoms. The molecule has 1 atom stereocenters. The number of fused-ring (bicyclic) bond motifs is 1. The highest BCUT2D eigenvalue weighted by Gasteiger charge is 2.34. The van der Waals surface area contributed by atoms with Gasteiger partial charge in [0.15, 0.2) is 0 Å². The molecule has 1 aliphatic rings. The fourth-order valence-corrected chi connectivity index (χ4v) is 3.43. The van der Waals surface area contributed by atoms with Crippen molar-refractivity contribution >= 4 is 5.91 Å². The van der Waals surface area contributed by atoms with Gasteiger partial charge < -0.3 is 10.1 Å². The molecule has 0 radical (unpaired) electrons. The SMILES string of the molecule is Cc1ccc(-c2nnn(CC(=O)NC3CC(C)(C)Oc4ccccc43)n2)cc1. The molecule has 0 spiro atoms. The van der Waals surface area contributed by atoms with Gasteiger partial charge in [-0.05, 0) is 32.1 Å². The topological polar surface area (TPSA) is 81.9 Å². The Balaban J connectivity index is 1.46. The molecule has 1 amide bonds. The molecule has 1 N–H and O–H groups in total. The number of hydrogen-bond donors (Lipinski definition) is 1. The molecule has 144 valence electrons. The van der Waals surface area contributed by atoms with Crippen LogP contribution in [0.4, 0.5) is 0 Å². The molecule has 0 bridgehead atoms. The van der Waals surface area contributed by atoms with Crippen molar-refractivity contribution in [1.82, 2.24) is 25.5 Å². The fourth-order valence-electron chi connectivity index (χ4n) is 3.43. The lowest BCUT2D eigenvalue weighted by atomic mass is 9.89. The van der Waals surface area contributed by atoms with E-state index in [9.17, 15) is 4.79 Å². The number of carbonyl (C=O) groups excluding carboxylic acids is 1. The molecule has 2 heterocycles. The number of tetrazole rings is 1. The number of aromatic nitrogens is 4. The zero-order valence-electron chi connectivity index (χ0n) is 16.2. The molecule has 0 saturated carbocycles. The molecule has 0 saturated heterocycles. The van der Waals surface area contributed by atoms with Crippen molar-refractivity contribution in [2.45, 2.75) is 45.4 Å². The molecule has 1 aliphatic heterocycles. The number of rotatable bonds is 4.